The monoisotopic (exact) mass is 1200 g/mol. The van der Waals surface area contributed by atoms with Crippen molar-refractivity contribution < 1.29 is 46.8 Å². The fraction of sp³-hybridized carbons (Fsp3) is 0.527. The predicted molar refractivity (Wildman–Crippen MR) is 351 cm³/mol. The van der Waals surface area contributed by atoms with E-state index in [0.717, 1.165) is 61.0 Å². The van der Waals surface area contributed by atoms with E-state index in [1.807, 2.05) is 32.9 Å². The van der Waals surface area contributed by atoms with Crippen LogP contribution < -0.4 is 25.5 Å². The molecule has 9 rings (SSSR count). The zero-order valence-corrected chi connectivity index (χ0v) is 55.8. The van der Waals surface area contributed by atoms with Gasteiger partial charge in [-0.3, -0.25) is 4.79 Å². The Morgan fingerprint density at radius 1 is 0.593 bits per heavy atom. The van der Waals surface area contributed by atoms with E-state index < -0.39 is 22.0 Å². The first-order chi connectivity index (χ1) is 41.0. The molecule has 0 spiro atoms. The molecular formula is C74H100O10Si2. The number of rotatable bonds is 23. The van der Waals surface area contributed by atoms with E-state index in [1.54, 1.807) is 7.11 Å². The van der Waals surface area contributed by atoms with Gasteiger partial charge in [0.1, 0.15) is 5.75 Å². The number of methoxy groups -OCH3 is 1. The standard InChI is InChI=1S/C74H100O10Si2/c1-51-46-58(41-42-63-52(2)47-57(80-63)28-27-44-77-71(75)72(5,6)7)81-65(53(51)3)48-67-69(78-50-55-37-39-56(76-14)40-38-55)54(4)70-68(82-67)49-66(84-86(74(11,12)13,61-33-23-17-24-34-61)62-35-25-18-26-36-62)64(83-70)43-45-79-85(73(8,9)10,59-29-19-15-20-30-59)60-31-21-16-22-32-60/h15-26,29-40,51,54,57-58,63-70H,2-3,27-28,41-50H2,1,4-14H3/t51-,54-,57+,58+,63+,64-,65-,66-,67+,68+,69-,70+/m1/s1. The van der Waals surface area contributed by atoms with E-state index in [2.05, 4.69) is 195 Å². The molecule has 10 nitrogen and oxygen atoms in total. The van der Waals surface area contributed by atoms with Crippen molar-refractivity contribution in [3.8, 4) is 5.75 Å². The Bertz CT molecular complexity index is 2880. The van der Waals surface area contributed by atoms with Gasteiger partial charge in [-0.25, -0.2) is 0 Å². The summed E-state index contributed by atoms with van der Waals surface area (Å²) in [5.74, 6) is 0.805. The van der Waals surface area contributed by atoms with Crippen molar-refractivity contribution in [3.05, 3.63) is 175 Å². The topological polar surface area (TPSA) is 100 Å². The molecule has 0 radical (unpaired) electrons. The van der Waals surface area contributed by atoms with E-state index >= 15 is 0 Å². The van der Waals surface area contributed by atoms with Gasteiger partial charge in [-0.1, -0.05) is 202 Å². The van der Waals surface area contributed by atoms with Crippen LogP contribution in [0.1, 0.15) is 140 Å². The highest BCUT2D eigenvalue weighted by Gasteiger charge is 2.57. The van der Waals surface area contributed by atoms with E-state index in [1.165, 1.54) is 20.7 Å². The molecule has 5 aromatic rings. The van der Waals surface area contributed by atoms with Crippen LogP contribution in [-0.2, 0) is 48.7 Å². The Labute approximate surface area is 518 Å². The van der Waals surface area contributed by atoms with Crippen LogP contribution in [0, 0.1) is 17.3 Å². The van der Waals surface area contributed by atoms with Crippen LogP contribution in [0.2, 0.25) is 10.1 Å². The van der Waals surface area contributed by atoms with Gasteiger partial charge < -0.3 is 42.0 Å². The van der Waals surface area contributed by atoms with E-state index in [9.17, 15) is 4.79 Å². The SMILES string of the molecule is C=C1C[C@H](CCCOC(=O)C(C)(C)C)O[C@H]1CC[C@H]1C[C@@H](C)C(=C)[C@@H](C[C@@H]2O[C@H]3C[C@@H](O[Si](c4ccccc4)(c4ccccc4)C(C)(C)C)[C@@H](CCO[Si](c4ccccc4)(c4ccccc4)C(C)(C)C)O[C@H]3[C@H](C)[C@H]2OCc2ccc(OC)cc2)O1. The fourth-order valence-corrected chi connectivity index (χ4v) is 23.5. The highest BCUT2D eigenvalue weighted by Crippen LogP contribution is 2.46. The van der Waals surface area contributed by atoms with Crippen molar-refractivity contribution in [1.82, 2.24) is 0 Å². The summed E-state index contributed by atoms with van der Waals surface area (Å²) in [4.78, 5) is 12.4. The Morgan fingerprint density at radius 2 is 1.14 bits per heavy atom. The summed E-state index contributed by atoms with van der Waals surface area (Å²) in [6, 6.07) is 51.9. The maximum absolute atomic E-state index is 12.4. The summed E-state index contributed by atoms with van der Waals surface area (Å²) < 4.78 is 63.3. The first-order valence-corrected chi connectivity index (χ1v) is 35.8. The number of fused-ring (bicyclic) bond motifs is 1. The molecule has 0 aliphatic carbocycles. The van der Waals surface area contributed by atoms with Crippen molar-refractivity contribution >= 4 is 43.4 Å². The second-order valence-corrected chi connectivity index (χ2v) is 36.7. The molecule has 4 aliphatic rings. The third-order valence-electron chi connectivity index (χ3n) is 18.8. The van der Waals surface area contributed by atoms with Gasteiger partial charge in [0.2, 0.25) is 0 Å². The molecular weight excluding hydrogens is 1100 g/mol. The molecule has 4 aliphatic heterocycles. The second kappa shape index (κ2) is 28.2. The number of hydrogen-bond acceptors (Lipinski definition) is 10. The zero-order chi connectivity index (χ0) is 61.4. The Morgan fingerprint density at radius 3 is 1.67 bits per heavy atom. The Kier molecular flexibility index (Phi) is 21.5. The number of hydrogen-bond donors (Lipinski definition) is 0. The van der Waals surface area contributed by atoms with Gasteiger partial charge in [-0.05, 0) is 131 Å². The van der Waals surface area contributed by atoms with Crippen molar-refractivity contribution in [2.24, 2.45) is 17.3 Å². The fourth-order valence-electron chi connectivity index (χ4n) is 14.2. The summed E-state index contributed by atoms with van der Waals surface area (Å²) in [5.41, 5.74) is 2.76. The molecule has 0 amide bonds. The van der Waals surface area contributed by atoms with Gasteiger partial charge in [-0.2, -0.15) is 0 Å². The van der Waals surface area contributed by atoms with Gasteiger partial charge >= 0.3 is 5.97 Å². The van der Waals surface area contributed by atoms with Crippen LogP contribution in [0.5, 0.6) is 5.75 Å². The molecule has 464 valence electrons. The van der Waals surface area contributed by atoms with E-state index in [4.69, 9.17) is 48.6 Å². The molecule has 12 heteroatoms. The Balaban J connectivity index is 1.01. The van der Waals surface area contributed by atoms with Crippen molar-refractivity contribution in [2.75, 3.05) is 20.3 Å². The summed E-state index contributed by atoms with van der Waals surface area (Å²) in [6.45, 7) is 34.7. The van der Waals surface area contributed by atoms with E-state index in [0.29, 0.717) is 39.1 Å². The molecule has 0 aromatic heterocycles. The molecule has 0 N–H and O–H groups in total. The quantitative estimate of drug-likeness (QED) is 0.0272. The van der Waals surface area contributed by atoms with Crippen molar-refractivity contribution in [1.29, 1.82) is 0 Å². The molecule has 4 heterocycles. The van der Waals surface area contributed by atoms with Gasteiger partial charge in [0.05, 0.1) is 86.8 Å². The van der Waals surface area contributed by atoms with Gasteiger partial charge in [0.25, 0.3) is 16.6 Å². The molecule has 4 fully saturated rings. The minimum Gasteiger partial charge on any atom is -0.497 e. The van der Waals surface area contributed by atoms with Crippen LogP contribution >= 0.6 is 0 Å². The lowest BCUT2D eigenvalue weighted by Gasteiger charge is -2.54. The first kappa shape index (κ1) is 65.4. The van der Waals surface area contributed by atoms with Crippen molar-refractivity contribution in [2.45, 2.75) is 212 Å². The summed E-state index contributed by atoms with van der Waals surface area (Å²) in [5, 5.41) is 4.47. The summed E-state index contributed by atoms with van der Waals surface area (Å²) in [7, 11) is -4.33. The van der Waals surface area contributed by atoms with Crippen LogP contribution in [-0.4, -0.2) is 104 Å². The maximum atomic E-state index is 12.4. The molecule has 0 unspecified atom stereocenters. The summed E-state index contributed by atoms with van der Waals surface area (Å²) >= 11 is 0. The normalized spacial score (nSPS) is 26.7. The molecule has 4 saturated heterocycles. The first-order valence-electron chi connectivity index (χ1n) is 32.0. The second-order valence-electron chi connectivity index (χ2n) is 28.1. The zero-order valence-electron chi connectivity index (χ0n) is 53.8. The average molecular weight is 1210 g/mol. The van der Waals surface area contributed by atoms with Crippen LogP contribution in [0.15, 0.2) is 170 Å². The average Bonchev–Trinajstić information content (AvgIpc) is 0.997. The summed E-state index contributed by atoms with van der Waals surface area (Å²) in [6.07, 6.45) is 4.62. The lowest BCUT2D eigenvalue weighted by Crippen LogP contribution is -2.70. The van der Waals surface area contributed by atoms with Crippen LogP contribution in [0.3, 0.4) is 0 Å². The van der Waals surface area contributed by atoms with Crippen LogP contribution in [0.4, 0.5) is 0 Å². The predicted octanol–water partition coefficient (Wildman–Crippen LogP) is 13.7. The van der Waals surface area contributed by atoms with Gasteiger partial charge in [-0.15, -0.1) is 0 Å². The number of carbonyl (C=O) groups excluding carboxylic acids is 1. The Hall–Kier alpha value is -5.00. The minimum absolute atomic E-state index is 0.00859. The highest BCUT2D eigenvalue weighted by molar-refractivity contribution is 7.00. The number of ether oxygens (including phenoxy) is 7. The lowest BCUT2D eigenvalue weighted by molar-refractivity contribution is -0.276. The van der Waals surface area contributed by atoms with Gasteiger partial charge in [0.15, 0.2) is 0 Å². The highest BCUT2D eigenvalue weighted by atomic mass is 28.4. The maximum Gasteiger partial charge on any atom is 0.311 e. The van der Waals surface area contributed by atoms with Crippen molar-refractivity contribution in [3.63, 3.8) is 0 Å². The molecule has 0 saturated carbocycles. The minimum atomic E-state index is -3.12. The number of esters is 1. The number of carbonyl (C=O) groups is 1. The molecule has 12 atom stereocenters. The van der Waals surface area contributed by atoms with Crippen LogP contribution in [0.25, 0.3) is 0 Å². The third kappa shape index (κ3) is 14.8. The number of benzene rings is 5. The smallest absolute Gasteiger partial charge is 0.311 e. The van der Waals surface area contributed by atoms with Gasteiger partial charge in [0, 0.05) is 25.4 Å². The largest absolute Gasteiger partial charge is 0.497 e. The molecule has 5 aromatic carbocycles. The molecule has 0 bridgehead atoms. The lowest BCUT2D eigenvalue weighted by atomic mass is 9.79. The van der Waals surface area contributed by atoms with E-state index in [-0.39, 0.29) is 88.9 Å². The molecule has 86 heavy (non-hydrogen) atoms. The third-order valence-corrected chi connectivity index (χ3v) is 29.0.